The van der Waals surface area contributed by atoms with Gasteiger partial charge in [0.2, 0.25) is 0 Å². The maximum atomic E-state index is 6.00. The van der Waals surface area contributed by atoms with E-state index in [1.807, 2.05) is 12.1 Å². The Morgan fingerprint density at radius 1 is 0.897 bits per heavy atom. The molecule has 2 aromatic rings. The molecule has 4 nitrogen and oxygen atoms in total. The first-order chi connectivity index (χ1) is 14.2. The van der Waals surface area contributed by atoms with E-state index in [-0.39, 0.29) is 0 Å². The van der Waals surface area contributed by atoms with Crippen LogP contribution in [0.25, 0.3) is 0 Å². The lowest BCUT2D eigenvalue weighted by molar-refractivity contribution is 0.198. The number of likely N-dealkylation sites (tertiary alicyclic amines) is 1. The van der Waals surface area contributed by atoms with Gasteiger partial charge in [-0.25, -0.2) is 0 Å². The van der Waals surface area contributed by atoms with Crippen LogP contribution in [-0.4, -0.2) is 48.3 Å². The van der Waals surface area contributed by atoms with Crippen molar-refractivity contribution in [3.05, 3.63) is 65.2 Å². The average Bonchev–Trinajstić information content (AvgIpc) is 3.19. The predicted molar refractivity (Wildman–Crippen MR) is 126 cm³/mol. The highest BCUT2D eigenvalue weighted by Gasteiger charge is 2.25. The van der Waals surface area contributed by atoms with Crippen LogP contribution in [0.1, 0.15) is 24.8 Å². The summed E-state index contributed by atoms with van der Waals surface area (Å²) < 4.78 is 0. The van der Waals surface area contributed by atoms with Crippen molar-refractivity contribution in [3.8, 4) is 0 Å². The Kier molecular flexibility index (Phi) is 6.90. The summed E-state index contributed by atoms with van der Waals surface area (Å²) in [5.74, 6) is 0. The highest BCUT2D eigenvalue weighted by molar-refractivity contribution is 7.80. The van der Waals surface area contributed by atoms with Crippen molar-refractivity contribution < 1.29 is 0 Å². The number of benzene rings is 2. The van der Waals surface area contributed by atoms with Crippen molar-refractivity contribution >= 4 is 34.6 Å². The van der Waals surface area contributed by atoms with Gasteiger partial charge in [0.25, 0.3) is 0 Å². The summed E-state index contributed by atoms with van der Waals surface area (Å²) in [5.41, 5.74) is 2.62. The van der Waals surface area contributed by atoms with Gasteiger partial charge >= 0.3 is 0 Å². The summed E-state index contributed by atoms with van der Waals surface area (Å²) in [6.45, 7) is 5.28. The SMILES string of the molecule is S=C(NC1CCN(Cc2ccccc2)CC1)NC1CCN(c2ccc(Cl)cc2)C1. The molecular weight excluding hydrogens is 400 g/mol. The highest BCUT2D eigenvalue weighted by Crippen LogP contribution is 2.22. The Labute approximate surface area is 184 Å². The number of thiocarbonyl (C=S) groups is 1. The molecule has 0 aromatic heterocycles. The summed E-state index contributed by atoms with van der Waals surface area (Å²) in [7, 11) is 0. The molecule has 0 spiro atoms. The van der Waals surface area contributed by atoms with E-state index in [1.165, 1.54) is 11.3 Å². The summed E-state index contributed by atoms with van der Waals surface area (Å²) in [6.07, 6.45) is 3.37. The van der Waals surface area contributed by atoms with Gasteiger partial charge in [0.1, 0.15) is 0 Å². The maximum Gasteiger partial charge on any atom is 0.166 e. The molecule has 2 aliphatic rings. The molecule has 2 N–H and O–H groups in total. The van der Waals surface area contributed by atoms with E-state index in [0.29, 0.717) is 12.1 Å². The summed E-state index contributed by atoms with van der Waals surface area (Å²) in [6, 6.07) is 19.7. The van der Waals surface area contributed by atoms with Crippen molar-refractivity contribution in [2.24, 2.45) is 0 Å². The van der Waals surface area contributed by atoms with Gasteiger partial charge in [-0.15, -0.1) is 0 Å². The van der Waals surface area contributed by atoms with E-state index in [9.17, 15) is 0 Å². The van der Waals surface area contributed by atoms with Crippen molar-refractivity contribution in [1.82, 2.24) is 15.5 Å². The highest BCUT2D eigenvalue weighted by atomic mass is 35.5. The van der Waals surface area contributed by atoms with Gasteiger partial charge in [0.05, 0.1) is 0 Å². The van der Waals surface area contributed by atoms with Crippen LogP contribution in [-0.2, 0) is 6.54 Å². The molecule has 2 aromatic carbocycles. The third-order valence-electron chi connectivity index (χ3n) is 5.89. The largest absolute Gasteiger partial charge is 0.369 e. The van der Waals surface area contributed by atoms with E-state index < -0.39 is 0 Å². The minimum atomic E-state index is 0.392. The topological polar surface area (TPSA) is 30.5 Å². The molecule has 2 saturated heterocycles. The molecule has 2 aliphatic heterocycles. The molecule has 4 rings (SSSR count). The van der Waals surface area contributed by atoms with Gasteiger partial charge in [-0.3, -0.25) is 4.90 Å². The molecule has 1 unspecified atom stereocenters. The fourth-order valence-electron chi connectivity index (χ4n) is 4.25. The van der Waals surface area contributed by atoms with Crippen LogP contribution in [0.4, 0.5) is 5.69 Å². The molecule has 154 valence electrons. The predicted octanol–water partition coefficient (Wildman–Crippen LogP) is 4.05. The zero-order valence-electron chi connectivity index (χ0n) is 16.7. The summed E-state index contributed by atoms with van der Waals surface area (Å²) >= 11 is 11.6. The molecule has 1 atom stereocenters. The Morgan fingerprint density at radius 3 is 2.28 bits per heavy atom. The lowest BCUT2D eigenvalue weighted by Crippen LogP contribution is -2.50. The van der Waals surface area contributed by atoms with Crippen molar-refractivity contribution in [2.75, 3.05) is 31.1 Å². The van der Waals surface area contributed by atoms with Crippen LogP contribution < -0.4 is 15.5 Å². The fraction of sp³-hybridized carbons (Fsp3) is 0.435. The van der Waals surface area contributed by atoms with Crippen molar-refractivity contribution in [1.29, 1.82) is 0 Å². The van der Waals surface area contributed by atoms with Crippen molar-refractivity contribution in [2.45, 2.75) is 37.9 Å². The lowest BCUT2D eigenvalue weighted by atomic mass is 10.0. The summed E-state index contributed by atoms with van der Waals surface area (Å²) in [5, 5.41) is 8.66. The normalized spacial score (nSPS) is 20.6. The van der Waals surface area contributed by atoms with Gasteiger partial charge in [-0.2, -0.15) is 0 Å². The molecule has 0 amide bonds. The van der Waals surface area contributed by atoms with Crippen LogP contribution in [0.3, 0.4) is 0 Å². The Balaban J connectivity index is 1.17. The first kappa shape index (κ1) is 20.5. The van der Waals surface area contributed by atoms with Gasteiger partial charge in [0.15, 0.2) is 5.11 Å². The molecule has 0 bridgehead atoms. The third kappa shape index (κ3) is 5.84. The third-order valence-corrected chi connectivity index (χ3v) is 6.37. The van der Waals surface area contributed by atoms with Crippen LogP contribution in [0.15, 0.2) is 54.6 Å². The number of hydrogen-bond acceptors (Lipinski definition) is 3. The van der Waals surface area contributed by atoms with Gasteiger partial charge in [-0.05, 0) is 61.3 Å². The monoisotopic (exact) mass is 428 g/mol. The maximum absolute atomic E-state index is 6.00. The van der Waals surface area contributed by atoms with E-state index in [2.05, 4.69) is 62.9 Å². The number of rotatable bonds is 5. The zero-order chi connectivity index (χ0) is 20.1. The van der Waals surface area contributed by atoms with E-state index in [4.69, 9.17) is 23.8 Å². The van der Waals surface area contributed by atoms with E-state index in [0.717, 1.165) is 62.1 Å². The van der Waals surface area contributed by atoms with Crippen molar-refractivity contribution in [3.63, 3.8) is 0 Å². The number of anilines is 1. The lowest BCUT2D eigenvalue weighted by Gasteiger charge is -2.33. The molecule has 0 radical (unpaired) electrons. The Hall–Kier alpha value is -1.82. The molecule has 0 saturated carbocycles. The smallest absolute Gasteiger partial charge is 0.166 e. The standard InChI is InChI=1S/C23H29ClN4S/c24-19-6-8-22(9-7-19)28-15-12-21(17-28)26-23(29)25-20-10-13-27(14-11-20)16-18-4-2-1-3-5-18/h1-9,20-21H,10-17H2,(H2,25,26,29). The van der Waals surface area contributed by atoms with Crippen LogP contribution in [0.5, 0.6) is 0 Å². The van der Waals surface area contributed by atoms with Crippen LogP contribution >= 0.6 is 23.8 Å². The Morgan fingerprint density at radius 2 is 1.55 bits per heavy atom. The second-order valence-electron chi connectivity index (χ2n) is 8.06. The Bertz CT molecular complexity index is 790. The number of hydrogen-bond donors (Lipinski definition) is 2. The molecule has 0 aliphatic carbocycles. The minimum Gasteiger partial charge on any atom is -0.369 e. The number of halogens is 1. The van der Waals surface area contributed by atoms with E-state index in [1.54, 1.807) is 0 Å². The first-order valence-electron chi connectivity index (χ1n) is 10.5. The van der Waals surface area contributed by atoms with Gasteiger partial charge < -0.3 is 15.5 Å². The second kappa shape index (κ2) is 9.79. The first-order valence-corrected chi connectivity index (χ1v) is 11.3. The zero-order valence-corrected chi connectivity index (χ0v) is 18.3. The van der Waals surface area contributed by atoms with Crippen LogP contribution in [0.2, 0.25) is 5.02 Å². The average molecular weight is 429 g/mol. The molecule has 6 heteroatoms. The van der Waals surface area contributed by atoms with E-state index >= 15 is 0 Å². The summed E-state index contributed by atoms with van der Waals surface area (Å²) in [4.78, 5) is 4.92. The fourth-order valence-corrected chi connectivity index (χ4v) is 4.71. The van der Waals surface area contributed by atoms with Crippen LogP contribution in [0, 0.1) is 0 Å². The molecular formula is C23H29ClN4S. The minimum absolute atomic E-state index is 0.392. The van der Waals surface area contributed by atoms with Gasteiger partial charge in [-0.1, -0.05) is 41.9 Å². The van der Waals surface area contributed by atoms with Gasteiger partial charge in [0, 0.05) is 55.5 Å². The number of nitrogens with one attached hydrogen (secondary N) is 2. The quantitative estimate of drug-likeness (QED) is 0.701. The second-order valence-corrected chi connectivity index (χ2v) is 8.91. The molecule has 2 heterocycles. The molecule has 29 heavy (non-hydrogen) atoms. The number of nitrogens with zero attached hydrogens (tertiary/aromatic N) is 2. The number of piperidine rings is 1. The molecule has 2 fully saturated rings.